The third kappa shape index (κ3) is 2.52. The van der Waals surface area contributed by atoms with Crippen LogP contribution < -0.4 is 21.7 Å². The summed E-state index contributed by atoms with van der Waals surface area (Å²) in [4.78, 5) is 10.9. The number of nitrogens with two attached hydrogens (primary N) is 2. The van der Waals surface area contributed by atoms with Crippen molar-refractivity contribution < 1.29 is 0 Å². The lowest BCUT2D eigenvalue weighted by Crippen LogP contribution is -2.28. The number of nitrogen functional groups attached to an aromatic ring is 1. The van der Waals surface area contributed by atoms with Crippen LogP contribution in [0.5, 0.6) is 0 Å². The van der Waals surface area contributed by atoms with Crippen molar-refractivity contribution in [3.63, 3.8) is 0 Å². The zero-order valence-corrected chi connectivity index (χ0v) is 12.3. The SMILES string of the molecule is Nc1nc(N[C@H]2C[C@H]3CC[C@@H]2C3)cc(N2CCC(N)C2)n1. The number of rotatable bonds is 3. The van der Waals surface area contributed by atoms with Crippen LogP contribution in [0.1, 0.15) is 32.1 Å². The van der Waals surface area contributed by atoms with Gasteiger partial charge in [0, 0.05) is 31.2 Å². The standard InChI is InChI=1S/C15H24N6/c16-11-3-4-21(8-11)14-7-13(19-15(17)20-14)18-12-6-9-1-2-10(12)5-9/h7,9-12H,1-6,8,16H2,(H3,17,18,19,20)/t9-,10+,11?,12-/m0/s1. The predicted octanol–water partition coefficient (Wildman–Crippen LogP) is 1.20. The Hall–Kier alpha value is -1.56. The fourth-order valence-corrected chi connectivity index (χ4v) is 4.30. The zero-order chi connectivity index (χ0) is 14.4. The van der Waals surface area contributed by atoms with Gasteiger partial charge in [-0.2, -0.15) is 9.97 Å². The molecule has 1 saturated heterocycles. The van der Waals surface area contributed by atoms with Crippen LogP contribution in [0.2, 0.25) is 0 Å². The summed E-state index contributed by atoms with van der Waals surface area (Å²) in [5, 5.41) is 3.60. The van der Waals surface area contributed by atoms with Crippen molar-refractivity contribution in [1.29, 1.82) is 0 Å². The van der Waals surface area contributed by atoms with E-state index in [4.69, 9.17) is 11.5 Å². The summed E-state index contributed by atoms with van der Waals surface area (Å²) in [6.07, 6.45) is 6.44. The minimum atomic E-state index is 0.239. The lowest BCUT2D eigenvalue weighted by molar-refractivity contribution is 0.439. The zero-order valence-electron chi connectivity index (χ0n) is 12.3. The molecule has 2 bridgehead atoms. The molecule has 2 aliphatic carbocycles. The number of nitrogens with zero attached hydrogens (tertiary/aromatic N) is 3. The molecule has 1 aromatic heterocycles. The Kier molecular flexibility index (Phi) is 3.14. The van der Waals surface area contributed by atoms with Crippen LogP contribution in [-0.4, -0.2) is 35.1 Å². The van der Waals surface area contributed by atoms with Gasteiger partial charge in [0.1, 0.15) is 11.6 Å². The van der Waals surface area contributed by atoms with E-state index in [0.717, 1.165) is 43.0 Å². The van der Waals surface area contributed by atoms with Crippen LogP contribution in [0.4, 0.5) is 17.6 Å². The van der Waals surface area contributed by atoms with Crippen molar-refractivity contribution in [2.45, 2.75) is 44.2 Å². The van der Waals surface area contributed by atoms with E-state index < -0.39 is 0 Å². The number of nitrogens with one attached hydrogen (secondary N) is 1. The first kappa shape index (κ1) is 13.1. The van der Waals surface area contributed by atoms with Crippen molar-refractivity contribution in [2.24, 2.45) is 17.6 Å². The van der Waals surface area contributed by atoms with Gasteiger partial charge in [0.15, 0.2) is 0 Å². The fourth-order valence-electron chi connectivity index (χ4n) is 4.30. The van der Waals surface area contributed by atoms with E-state index >= 15 is 0 Å². The summed E-state index contributed by atoms with van der Waals surface area (Å²) >= 11 is 0. The van der Waals surface area contributed by atoms with Crippen LogP contribution in [0.15, 0.2) is 6.07 Å². The molecule has 3 fully saturated rings. The molecule has 0 radical (unpaired) electrons. The van der Waals surface area contributed by atoms with Crippen molar-refractivity contribution in [1.82, 2.24) is 9.97 Å². The van der Waals surface area contributed by atoms with Crippen molar-refractivity contribution in [3.8, 4) is 0 Å². The molecule has 2 heterocycles. The molecule has 4 rings (SSSR count). The molecule has 114 valence electrons. The van der Waals surface area contributed by atoms with Crippen molar-refractivity contribution in [3.05, 3.63) is 6.07 Å². The maximum Gasteiger partial charge on any atom is 0.223 e. The van der Waals surface area contributed by atoms with Gasteiger partial charge in [0.05, 0.1) is 0 Å². The second kappa shape index (κ2) is 5.02. The molecule has 6 heteroatoms. The van der Waals surface area contributed by atoms with E-state index in [1.54, 1.807) is 0 Å². The second-order valence-electron chi connectivity index (χ2n) is 6.89. The minimum Gasteiger partial charge on any atom is -0.368 e. The summed E-state index contributed by atoms with van der Waals surface area (Å²) in [6, 6.07) is 2.83. The highest BCUT2D eigenvalue weighted by atomic mass is 15.2. The highest BCUT2D eigenvalue weighted by Gasteiger charge is 2.39. The Balaban J connectivity index is 1.51. The summed E-state index contributed by atoms with van der Waals surface area (Å²) in [7, 11) is 0. The molecule has 6 nitrogen and oxygen atoms in total. The van der Waals surface area contributed by atoms with E-state index in [-0.39, 0.29) is 6.04 Å². The Bertz CT molecular complexity index is 533. The third-order valence-corrected chi connectivity index (χ3v) is 5.35. The largest absolute Gasteiger partial charge is 0.368 e. The third-order valence-electron chi connectivity index (χ3n) is 5.35. The van der Waals surface area contributed by atoms with Crippen LogP contribution >= 0.6 is 0 Å². The molecule has 21 heavy (non-hydrogen) atoms. The number of hydrogen-bond acceptors (Lipinski definition) is 6. The molecule has 2 saturated carbocycles. The first-order valence-electron chi connectivity index (χ1n) is 8.09. The Labute approximate surface area is 125 Å². The molecule has 1 aliphatic heterocycles. The summed E-state index contributed by atoms with van der Waals surface area (Å²) in [6.45, 7) is 1.80. The summed E-state index contributed by atoms with van der Waals surface area (Å²) in [5.41, 5.74) is 11.9. The number of anilines is 3. The van der Waals surface area contributed by atoms with Gasteiger partial charge in [0.25, 0.3) is 0 Å². The topological polar surface area (TPSA) is 93.1 Å². The fraction of sp³-hybridized carbons (Fsp3) is 0.733. The normalized spacial score (nSPS) is 34.6. The van der Waals surface area contributed by atoms with Crippen LogP contribution in [0, 0.1) is 11.8 Å². The number of fused-ring (bicyclic) bond motifs is 2. The predicted molar refractivity (Wildman–Crippen MR) is 84.1 cm³/mol. The van der Waals surface area contributed by atoms with Gasteiger partial charge in [-0.25, -0.2) is 0 Å². The molecule has 0 amide bonds. The average molecular weight is 288 g/mol. The van der Waals surface area contributed by atoms with Gasteiger partial charge >= 0.3 is 0 Å². The molecule has 0 spiro atoms. The maximum atomic E-state index is 5.98. The first-order valence-corrected chi connectivity index (χ1v) is 8.09. The molecule has 4 atom stereocenters. The van der Waals surface area contributed by atoms with Crippen LogP contribution in [0.3, 0.4) is 0 Å². The molecular formula is C15H24N6. The smallest absolute Gasteiger partial charge is 0.223 e. The lowest BCUT2D eigenvalue weighted by atomic mass is 9.95. The minimum absolute atomic E-state index is 0.239. The molecule has 0 aromatic carbocycles. The Morgan fingerprint density at radius 1 is 1.19 bits per heavy atom. The highest BCUT2D eigenvalue weighted by molar-refractivity contribution is 5.53. The summed E-state index contributed by atoms with van der Waals surface area (Å²) in [5.74, 6) is 3.85. The van der Waals surface area contributed by atoms with Crippen LogP contribution in [0.25, 0.3) is 0 Å². The molecule has 5 N–H and O–H groups in total. The number of aromatic nitrogens is 2. The van der Waals surface area contributed by atoms with Crippen molar-refractivity contribution >= 4 is 17.6 Å². The van der Waals surface area contributed by atoms with E-state index in [1.165, 1.54) is 25.7 Å². The van der Waals surface area contributed by atoms with E-state index in [1.807, 2.05) is 6.07 Å². The Morgan fingerprint density at radius 2 is 2.10 bits per heavy atom. The monoisotopic (exact) mass is 288 g/mol. The Morgan fingerprint density at radius 3 is 2.76 bits per heavy atom. The van der Waals surface area contributed by atoms with E-state index in [2.05, 4.69) is 20.2 Å². The van der Waals surface area contributed by atoms with Gasteiger partial charge in [-0.1, -0.05) is 6.42 Å². The average Bonchev–Trinajstić information content (AvgIpc) is 3.14. The van der Waals surface area contributed by atoms with Gasteiger partial charge in [-0.05, 0) is 37.5 Å². The maximum absolute atomic E-state index is 5.98. The summed E-state index contributed by atoms with van der Waals surface area (Å²) < 4.78 is 0. The number of hydrogen-bond donors (Lipinski definition) is 3. The second-order valence-corrected chi connectivity index (χ2v) is 6.89. The van der Waals surface area contributed by atoms with Gasteiger partial charge in [-0.3, -0.25) is 0 Å². The van der Waals surface area contributed by atoms with E-state index in [0.29, 0.717) is 12.0 Å². The highest BCUT2D eigenvalue weighted by Crippen LogP contribution is 2.45. The van der Waals surface area contributed by atoms with Gasteiger partial charge < -0.3 is 21.7 Å². The van der Waals surface area contributed by atoms with Crippen molar-refractivity contribution in [2.75, 3.05) is 29.0 Å². The van der Waals surface area contributed by atoms with E-state index in [9.17, 15) is 0 Å². The molecule has 1 aromatic rings. The van der Waals surface area contributed by atoms with Crippen LogP contribution in [-0.2, 0) is 0 Å². The first-order chi connectivity index (χ1) is 10.2. The lowest BCUT2D eigenvalue weighted by Gasteiger charge is -2.24. The molecule has 3 aliphatic rings. The molecular weight excluding hydrogens is 264 g/mol. The van der Waals surface area contributed by atoms with Gasteiger partial charge in [-0.15, -0.1) is 0 Å². The molecule has 1 unspecified atom stereocenters. The quantitative estimate of drug-likeness (QED) is 0.774. The van der Waals surface area contributed by atoms with Gasteiger partial charge in [0.2, 0.25) is 5.95 Å².